The van der Waals surface area contributed by atoms with E-state index in [9.17, 15) is 13.9 Å². The molecule has 2 nitrogen and oxygen atoms in total. The van der Waals surface area contributed by atoms with E-state index in [1.54, 1.807) is 6.92 Å². The lowest BCUT2D eigenvalue weighted by Crippen LogP contribution is -2.04. The Balaban J connectivity index is 2.37. The van der Waals surface area contributed by atoms with Gasteiger partial charge in [0.1, 0.15) is 23.5 Å². The molecule has 0 heterocycles. The Morgan fingerprint density at radius 2 is 1.68 bits per heavy atom. The lowest BCUT2D eigenvalue weighted by atomic mass is 10.0. The smallest absolute Gasteiger partial charge is 0.128 e. The summed E-state index contributed by atoms with van der Waals surface area (Å²) < 4.78 is 31.3. The number of hydrogen-bond acceptors (Lipinski definition) is 2. The maximum Gasteiger partial charge on any atom is 0.128 e. The second-order valence-corrected chi connectivity index (χ2v) is 4.07. The van der Waals surface area contributed by atoms with Crippen molar-refractivity contribution in [2.75, 3.05) is 6.61 Å². The molecule has 0 aromatic heterocycles. The maximum atomic E-state index is 13.2. The van der Waals surface area contributed by atoms with Crippen LogP contribution in [0.15, 0.2) is 42.5 Å². The molecule has 1 N–H and O–H groups in total. The third-order valence-corrected chi connectivity index (χ3v) is 2.76. The van der Waals surface area contributed by atoms with Gasteiger partial charge in [-0.25, -0.2) is 8.78 Å². The van der Waals surface area contributed by atoms with E-state index in [-0.39, 0.29) is 5.82 Å². The highest BCUT2D eigenvalue weighted by atomic mass is 19.1. The summed E-state index contributed by atoms with van der Waals surface area (Å²) in [4.78, 5) is 0. The minimum atomic E-state index is -0.984. The summed E-state index contributed by atoms with van der Waals surface area (Å²) in [6, 6.07) is 9.45. The molecule has 0 saturated carbocycles. The van der Waals surface area contributed by atoms with Gasteiger partial charge in [-0.05, 0) is 36.8 Å². The van der Waals surface area contributed by atoms with Crippen molar-refractivity contribution >= 4 is 0 Å². The molecule has 1 atom stereocenters. The van der Waals surface area contributed by atoms with E-state index in [0.717, 1.165) is 0 Å². The van der Waals surface area contributed by atoms with Crippen LogP contribution in [0, 0.1) is 11.6 Å². The van der Waals surface area contributed by atoms with Crippen molar-refractivity contribution in [3.63, 3.8) is 0 Å². The van der Waals surface area contributed by atoms with Crippen LogP contribution in [0.5, 0.6) is 5.75 Å². The van der Waals surface area contributed by atoms with Crippen LogP contribution in [0.2, 0.25) is 0 Å². The van der Waals surface area contributed by atoms with E-state index in [2.05, 4.69) is 0 Å². The molecule has 2 aromatic carbocycles. The van der Waals surface area contributed by atoms with Gasteiger partial charge < -0.3 is 9.84 Å². The van der Waals surface area contributed by atoms with Crippen molar-refractivity contribution in [1.82, 2.24) is 0 Å². The van der Waals surface area contributed by atoms with Crippen molar-refractivity contribution in [3.8, 4) is 5.75 Å². The van der Waals surface area contributed by atoms with Gasteiger partial charge in [0.25, 0.3) is 0 Å². The molecule has 4 heteroatoms. The maximum absolute atomic E-state index is 13.2. The first-order valence-electron chi connectivity index (χ1n) is 5.97. The number of halogens is 2. The van der Waals surface area contributed by atoms with Crippen LogP contribution in [0.1, 0.15) is 24.2 Å². The zero-order chi connectivity index (χ0) is 13.8. The summed E-state index contributed by atoms with van der Waals surface area (Å²) in [6.45, 7) is 2.14. The fourth-order valence-electron chi connectivity index (χ4n) is 1.84. The van der Waals surface area contributed by atoms with Gasteiger partial charge in [0, 0.05) is 11.6 Å². The average Bonchev–Trinajstić information content (AvgIpc) is 2.39. The minimum Gasteiger partial charge on any atom is -0.493 e. The predicted molar refractivity (Wildman–Crippen MR) is 68.0 cm³/mol. The molecule has 2 aromatic rings. The zero-order valence-electron chi connectivity index (χ0n) is 10.4. The molecule has 0 bridgehead atoms. The molecule has 19 heavy (non-hydrogen) atoms. The number of hydrogen-bond donors (Lipinski definition) is 1. The third kappa shape index (κ3) is 3.09. The Kier molecular flexibility index (Phi) is 4.12. The first-order valence-corrected chi connectivity index (χ1v) is 5.97. The number of rotatable bonds is 4. The predicted octanol–water partition coefficient (Wildman–Crippen LogP) is 3.45. The SMILES string of the molecule is CCOc1cc(F)ccc1C(O)c1ccc(F)cc1. The van der Waals surface area contributed by atoms with Gasteiger partial charge in [-0.2, -0.15) is 0 Å². The molecular weight excluding hydrogens is 250 g/mol. The summed E-state index contributed by atoms with van der Waals surface area (Å²) >= 11 is 0. The second-order valence-electron chi connectivity index (χ2n) is 4.07. The van der Waals surface area contributed by atoms with Gasteiger partial charge in [-0.15, -0.1) is 0 Å². The highest BCUT2D eigenvalue weighted by Crippen LogP contribution is 2.30. The Bertz CT molecular complexity index is 553. The highest BCUT2D eigenvalue weighted by molar-refractivity contribution is 5.40. The number of benzene rings is 2. The van der Waals surface area contributed by atoms with Crippen molar-refractivity contribution in [2.45, 2.75) is 13.0 Å². The largest absolute Gasteiger partial charge is 0.493 e. The lowest BCUT2D eigenvalue weighted by molar-refractivity contribution is 0.211. The summed E-state index contributed by atoms with van der Waals surface area (Å²) in [5.74, 6) is -0.516. The summed E-state index contributed by atoms with van der Waals surface area (Å²) in [5.41, 5.74) is 0.976. The molecule has 0 aliphatic heterocycles. The van der Waals surface area contributed by atoms with E-state index in [4.69, 9.17) is 4.74 Å². The van der Waals surface area contributed by atoms with Gasteiger partial charge in [0.2, 0.25) is 0 Å². The number of aliphatic hydroxyl groups excluding tert-OH is 1. The molecule has 0 radical (unpaired) electrons. The summed E-state index contributed by atoms with van der Waals surface area (Å²) in [5, 5.41) is 10.3. The zero-order valence-corrected chi connectivity index (χ0v) is 10.4. The molecular formula is C15H14F2O2. The first-order chi connectivity index (χ1) is 9.11. The van der Waals surface area contributed by atoms with Gasteiger partial charge in [-0.1, -0.05) is 12.1 Å². The standard InChI is InChI=1S/C15H14F2O2/c1-2-19-14-9-12(17)7-8-13(14)15(18)10-3-5-11(16)6-4-10/h3-9,15,18H,2H2,1H3. The Labute approximate surface area is 110 Å². The van der Waals surface area contributed by atoms with Crippen LogP contribution in [0.25, 0.3) is 0 Å². The average molecular weight is 264 g/mol. The number of ether oxygens (including phenoxy) is 1. The normalized spacial score (nSPS) is 12.2. The number of aliphatic hydroxyl groups is 1. The van der Waals surface area contributed by atoms with Crippen molar-refractivity contribution < 1.29 is 18.6 Å². The molecule has 0 amide bonds. The summed E-state index contributed by atoms with van der Waals surface area (Å²) in [7, 11) is 0. The van der Waals surface area contributed by atoms with Gasteiger partial charge >= 0.3 is 0 Å². The van der Waals surface area contributed by atoms with E-state index in [1.165, 1.54) is 42.5 Å². The Morgan fingerprint density at radius 1 is 1.05 bits per heavy atom. The minimum absolute atomic E-state index is 0.291. The van der Waals surface area contributed by atoms with E-state index in [1.807, 2.05) is 0 Å². The van der Waals surface area contributed by atoms with Crippen molar-refractivity contribution in [1.29, 1.82) is 0 Å². The Morgan fingerprint density at radius 3 is 2.32 bits per heavy atom. The Hall–Kier alpha value is -1.94. The van der Waals surface area contributed by atoms with E-state index < -0.39 is 11.9 Å². The van der Waals surface area contributed by atoms with Crippen LogP contribution in [-0.2, 0) is 0 Å². The highest BCUT2D eigenvalue weighted by Gasteiger charge is 2.16. The van der Waals surface area contributed by atoms with Crippen LogP contribution in [0.3, 0.4) is 0 Å². The third-order valence-electron chi connectivity index (χ3n) is 2.76. The topological polar surface area (TPSA) is 29.5 Å². The van der Waals surface area contributed by atoms with E-state index >= 15 is 0 Å². The summed E-state index contributed by atoms with van der Waals surface area (Å²) in [6.07, 6.45) is -0.984. The van der Waals surface area contributed by atoms with Crippen LogP contribution >= 0.6 is 0 Å². The van der Waals surface area contributed by atoms with E-state index in [0.29, 0.717) is 23.5 Å². The first kappa shape index (κ1) is 13.5. The molecule has 0 aliphatic rings. The molecule has 0 fully saturated rings. The molecule has 100 valence electrons. The fourth-order valence-corrected chi connectivity index (χ4v) is 1.84. The van der Waals surface area contributed by atoms with Crippen molar-refractivity contribution in [2.24, 2.45) is 0 Å². The van der Waals surface area contributed by atoms with Gasteiger partial charge in [0.15, 0.2) is 0 Å². The van der Waals surface area contributed by atoms with Gasteiger partial charge in [-0.3, -0.25) is 0 Å². The molecule has 1 unspecified atom stereocenters. The quantitative estimate of drug-likeness (QED) is 0.916. The van der Waals surface area contributed by atoms with Crippen LogP contribution in [0.4, 0.5) is 8.78 Å². The van der Waals surface area contributed by atoms with Crippen LogP contribution in [-0.4, -0.2) is 11.7 Å². The lowest BCUT2D eigenvalue weighted by Gasteiger charge is -2.16. The van der Waals surface area contributed by atoms with Gasteiger partial charge in [0.05, 0.1) is 6.61 Å². The van der Waals surface area contributed by atoms with Crippen LogP contribution < -0.4 is 4.74 Å². The fraction of sp³-hybridized carbons (Fsp3) is 0.200. The molecule has 2 rings (SSSR count). The second kappa shape index (κ2) is 5.80. The monoisotopic (exact) mass is 264 g/mol. The molecule has 0 aliphatic carbocycles. The van der Waals surface area contributed by atoms with Crippen molar-refractivity contribution in [3.05, 3.63) is 65.2 Å². The molecule has 0 spiro atoms. The molecule has 0 saturated heterocycles.